The molecular weight excluding hydrogens is 309 g/mol. The highest BCUT2D eigenvalue weighted by atomic mass is 35.5. The minimum Gasteiger partial charge on any atom is -0.381 e. The topological polar surface area (TPSA) is 54.5 Å². The van der Waals surface area contributed by atoms with Gasteiger partial charge in [0.2, 0.25) is 5.91 Å². The zero-order chi connectivity index (χ0) is 15.5. The van der Waals surface area contributed by atoms with Gasteiger partial charge in [0.15, 0.2) is 11.6 Å². The van der Waals surface area contributed by atoms with Crippen molar-refractivity contribution in [1.29, 1.82) is 0 Å². The number of nitrogens with zero attached hydrogens (tertiary/aromatic N) is 2. The van der Waals surface area contributed by atoms with Gasteiger partial charge in [-0.15, -0.1) is 0 Å². The fourth-order valence-electron chi connectivity index (χ4n) is 2.97. The molecule has 3 rings (SSSR count). The maximum absolute atomic E-state index is 13.9. The molecule has 1 unspecified atom stereocenters. The van der Waals surface area contributed by atoms with Crippen LogP contribution in [0.1, 0.15) is 19.3 Å². The van der Waals surface area contributed by atoms with Gasteiger partial charge >= 0.3 is 0 Å². The lowest BCUT2D eigenvalue weighted by Gasteiger charge is -2.24. The number of amides is 1. The summed E-state index contributed by atoms with van der Waals surface area (Å²) in [6.07, 6.45) is 3.85. The molecule has 1 N–H and O–H groups in total. The Morgan fingerprint density at radius 2 is 2.18 bits per heavy atom. The number of hydrogen-bond donors (Lipinski definition) is 1. The number of anilines is 1. The normalized spacial score (nSPS) is 22.8. The van der Waals surface area contributed by atoms with Crippen molar-refractivity contribution in [3.8, 4) is 0 Å². The molecule has 3 heterocycles. The van der Waals surface area contributed by atoms with Crippen LogP contribution in [-0.4, -0.2) is 43.2 Å². The molecule has 2 aliphatic heterocycles. The van der Waals surface area contributed by atoms with Crippen molar-refractivity contribution in [2.75, 3.05) is 31.2 Å². The van der Waals surface area contributed by atoms with Gasteiger partial charge < -0.3 is 15.0 Å². The molecule has 22 heavy (non-hydrogen) atoms. The molecule has 1 aromatic heterocycles. The second-order valence-corrected chi connectivity index (χ2v) is 6.22. The summed E-state index contributed by atoms with van der Waals surface area (Å²) in [5.41, 5.74) is 0. The van der Waals surface area contributed by atoms with Gasteiger partial charge in [-0.3, -0.25) is 4.79 Å². The Morgan fingerprint density at radius 1 is 1.41 bits per heavy atom. The molecule has 0 aromatic carbocycles. The number of hydrogen-bond acceptors (Lipinski definition) is 4. The van der Waals surface area contributed by atoms with Crippen molar-refractivity contribution in [2.45, 2.75) is 25.3 Å². The fraction of sp³-hybridized carbons (Fsp3) is 0.600. The quantitative estimate of drug-likeness (QED) is 0.922. The largest absolute Gasteiger partial charge is 0.381 e. The van der Waals surface area contributed by atoms with Gasteiger partial charge in [0, 0.05) is 38.5 Å². The summed E-state index contributed by atoms with van der Waals surface area (Å²) in [5.74, 6) is -0.257. The van der Waals surface area contributed by atoms with Gasteiger partial charge in [0.1, 0.15) is 0 Å². The van der Waals surface area contributed by atoms with E-state index in [1.807, 2.05) is 0 Å². The van der Waals surface area contributed by atoms with Gasteiger partial charge in [0.25, 0.3) is 0 Å². The van der Waals surface area contributed by atoms with Crippen LogP contribution < -0.4 is 10.2 Å². The Balaban J connectivity index is 1.58. The third-order valence-corrected chi connectivity index (χ3v) is 4.42. The average Bonchev–Trinajstić information content (AvgIpc) is 2.98. The monoisotopic (exact) mass is 327 g/mol. The van der Waals surface area contributed by atoms with E-state index in [9.17, 15) is 9.18 Å². The lowest BCUT2D eigenvalue weighted by Crippen LogP contribution is -2.42. The van der Waals surface area contributed by atoms with Crippen LogP contribution in [0.2, 0.25) is 5.02 Å². The second kappa shape index (κ2) is 6.79. The Morgan fingerprint density at radius 3 is 2.91 bits per heavy atom. The van der Waals surface area contributed by atoms with Crippen molar-refractivity contribution in [2.24, 2.45) is 5.92 Å². The predicted molar refractivity (Wildman–Crippen MR) is 81.5 cm³/mol. The number of aromatic nitrogens is 1. The summed E-state index contributed by atoms with van der Waals surface area (Å²) in [6.45, 7) is 2.50. The first-order valence-electron chi connectivity index (χ1n) is 7.57. The number of nitrogens with one attached hydrogen (secondary N) is 1. The van der Waals surface area contributed by atoms with Crippen LogP contribution in [0.5, 0.6) is 0 Å². The molecule has 0 radical (unpaired) electrons. The summed E-state index contributed by atoms with van der Waals surface area (Å²) < 4.78 is 19.2. The van der Waals surface area contributed by atoms with Crippen molar-refractivity contribution in [3.05, 3.63) is 23.1 Å². The molecule has 0 spiro atoms. The SMILES string of the molecule is O=C(NC1CCOCC1)C1CCN(c2ncc(Cl)cc2F)C1. The number of carbonyl (C=O) groups is 1. The molecule has 5 nitrogen and oxygen atoms in total. The van der Waals surface area contributed by atoms with Gasteiger partial charge in [-0.25, -0.2) is 9.37 Å². The van der Waals surface area contributed by atoms with E-state index in [-0.39, 0.29) is 28.7 Å². The molecule has 120 valence electrons. The number of carbonyl (C=O) groups excluding carboxylic acids is 1. The van der Waals surface area contributed by atoms with E-state index in [4.69, 9.17) is 16.3 Å². The van der Waals surface area contributed by atoms with E-state index < -0.39 is 5.82 Å². The number of halogens is 2. The standard InChI is InChI=1S/C15H19ClFN3O2/c16-11-7-13(17)14(18-8-11)20-4-1-10(9-20)15(21)19-12-2-5-22-6-3-12/h7-8,10,12H,1-6,9H2,(H,19,21). The van der Waals surface area contributed by atoms with Gasteiger partial charge in [-0.1, -0.05) is 11.6 Å². The molecule has 1 atom stereocenters. The molecule has 0 aliphatic carbocycles. The smallest absolute Gasteiger partial charge is 0.225 e. The summed E-state index contributed by atoms with van der Waals surface area (Å²) in [5, 5.41) is 3.35. The molecule has 2 fully saturated rings. The van der Waals surface area contributed by atoms with Gasteiger partial charge in [-0.2, -0.15) is 0 Å². The summed E-state index contributed by atoms with van der Waals surface area (Å²) >= 11 is 5.72. The third kappa shape index (κ3) is 3.50. The minimum absolute atomic E-state index is 0.0452. The lowest BCUT2D eigenvalue weighted by atomic mass is 10.1. The van der Waals surface area contributed by atoms with Crippen LogP contribution in [0.15, 0.2) is 12.3 Å². The van der Waals surface area contributed by atoms with Gasteiger partial charge in [-0.05, 0) is 25.3 Å². The summed E-state index contributed by atoms with van der Waals surface area (Å²) in [6, 6.07) is 1.44. The maximum Gasteiger partial charge on any atom is 0.225 e. The second-order valence-electron chi connectivity index (χ2n) is 5.79. The van der Waals surface area contributed by atoms with Crippen molar-refractivity contribution in [1.82, 2.24) is 10.3 Å². The van der Waals surface area contributed by atoms with E-state index in [0.717, 1.165) is 12.8 Å². The molecule has 1 amide bonds. The Kier molecular flexibility index (Phi) is 4.78. The maximum atomic E-state index is 13.9. The molecule has 2 aliphatic rings. The minimum atomic E-state index is -0.446. The summed E-state index contributed by atoms with van der Waals surface area (Å²) in [7, 11) is 0. The molecule has 0 saturated carbocycles. The summed E-state index contributed by atoms with van der Waals surface area (Å²) in [4.78, 5) is 18.2. The third-order valence-electron chi connectivity index (χ3n) is 4.21. The first-order valence-corrected chi connectivity index (χ1v) is 7.95. The average molecular weight is 328 g/mol. The molecule has 0 bridgehead atoms. The predicted octanol–water partition coefficient (Wildman–Crippen LogP) is 2.00. The van der Waals surface area contributed by atoms with Gasteiger partial charge in [0.05, 0.1) is 10.9 Å². The highest BCUT2D eigenvalue weighted by molar-refractivity contribution is 6.30. The number of rotatable bonds is 3. The zero-order valence-electron chi connectivity index (χ0n) is 12.2. The highest BCUT2D eigenvalue weighted by Crippen LogP contribution is 2.26. The zero-order valence-corrected chi connectivity index (χ0v) is 13.0. The van der Waals surface area contributed by atoms with Crippen molar-refractivity contribution < 1.29 is 13.9 Å². The van der Waals surface area contributed by atoms with Crippen LogP contribution in [0.3, 0.4) is 0 Å². The van der Waals surface area contributed by atoms with Crippen LogP contribution in [0.25, 0.3) is 0 Å². The molecule has 7 heteroatoms. The Labute approximate surface area is 133 Å². The van der Waals surface area contributed by atoms with Crippen molar-refractivity contribution in [3.63, 3.8) is 0 Å². The Bertz CT molecular complexity index is 552. The van der Waals surface area contributed by atoms with Crippen molar-refractivity contribution >= 4 is 23.3 Å². The van der Waals surface area contributed by atoms with Crippen LogP contribution in [-0.2, 0) is 9.53 Å². The van der Waals surface area contributed by atoms with E-state index in [0.29, 0.717) is 32.7 Å². The first kappa shape index (κ1) is 15.5. The lowest BCUT2D eigenvalue weighted by molar-refractivity contribution is -0.125. The van der Waals surface area contributed by atoms with E-state index in [1.165, 1.54) is 12.3 Å². The molecule has 1 aromatic rings. The molecular formula is C15H19ClFN3O2. The van der Waals surface area contributed by atoms with E-state index in [2.05, 4.69) is 10.3 Å². The first-order chi connectivity index (χ1) is 10.6. The number of ether oxygens (including phenoxy) is 1. The Hall–Kier alpha value is -1.40. The van der Waals surface area contributed by atoms with E-state index in [1.54, 1.807) is 4.90 Å². The highest BCUT2D eigenvalue weighted by Gasteiger charge is 2.31. The molecule has 2 saturated heterocycles. The number of pyridine rings is 1. The van der Waals surface area contributed by atoms with Crippen LogP contribution in [0, 0.1) is 11.7 Å². The van der Waals surface area contributed by atoms with Crippen LogP contribution >= 0.6 is 11.6 Å². The van der Waals surface area contributed by atoms with E-state index >= 15 is 0 Å². The van der Waals surface area contributed by atoms with Crippen LogP contribution in [0.4, 0.5) is 10.2 Å². The fourth-order valence-corrected chi connectivity index (χ4v) is 3.11.